The van der Waals surface area contributed by atoms with Gasteiger partial charge in [-0.1, -0.05) is 31.0 Å². The van der Waals surface area contributed by atoms with Crippen molar-refractivity contribution < 1.29 is 4.74 Å². The maximum Gasteiger partial charge on any atom is 0.0719 e. The smallest absolute Gasteiger partial charge is 0.0719 e. The molecule has 0 saturated heterocycles. The van der Waals surface area contributed by atoms with Crippen molar-refractivity contribution in [3.8, 4) is 0 Å². The van der Waals surface area contributed by atoms with Gasteiger partial charge in [-0.05, 0) is 43.9 Å². The van der Waals surface area contributed by atoms with Crippen LogP contribution < -0.4 is 0 Å². The number of rotatable bonds is 5. The summed E-state index contributed by atoms with van der Waals surface area (Å²) in [6.45, 7) is 10.2. The van der Waals surface area contributed by atoms with Crippen LogP contribution in [-0.2, 0) is 17.8 Å². The van der Waals surface area contributed by atoms with Crippen LogP contribution in [0.2, 0.25) is 0 Å². The van der Waals surface area contributed by atoms with E-state index in [-0.39, 0.29) is 0 Å². The molecule has 0 amide bonds. The fraction of sp³-hybridized carbons (Fsp3) is 0.571. The Morgan fingerprint density at radius 1 is 1.07 bits per heavy atom. The number of aryl methyl sites for hydroxylation is 2. The number of hydrogen-bond donors (Lipinski definition) is 0. The topological polar surface area (TPSA) is 9.23 Å². The van der Waals surface area contributed by atoms with Gasteiger partial charge in [0.1, 0.15) is 0 Å². The predicted molar refractivity (Wildman–Crippen MR) is 65.2 cm³/mol. The van der Waals surface area contributed by atoms with E-state index in [1.807, 2.05) is 6.92 Å². The Labute approximate surface area is 93.5 Å². The Bertz CT molecular complexity index is 315. The molecule has 0 atom stereocenters. The van der Waals surface area contributed by atoms with E-state index in [9.17, 15) is 0 Å². The summed E-state index contributed by atoms with van der Waals surface area (Å²) < 4.78 is 5.49. The van der Waals surface area contributed by atoms with Crippen molar-refractivity contribution in [2.45, 2.75) is 47.1 Å². The first-order valence-corrected chi connectivity index (χ1v) is 5.85. The van der Waals surface area contributed by atoms with Crippen LogP contribution in [0.25, 0.3) is 0 Å². The van der Waals surface area contributed by atoms with Crippen LogP contribution in [0.15, 0.2) is 12.1 Å². The van der Waals surface area contributed by atoms with Crippen molar-refractivity contribution >= 4 is 0 Å². The summed E-state index contributed by atoms with van der Waals surface area (Å²) in [7, 11) is 0. The van der Waals surface area contributed by atoms with Gasteiger partial charge in [-0.25, -0.2) is 0 Å². The second-order valence-corrected chi connectivity index (χ2v) is 4.10. The van der Waals surface area contributed by atoms with E-state index in [0.29, 0.717) is 0 Å². The predicted octanol–water partition coefficient (Wildman–Crippen LogP) is 3.79. The minimum Gasteiger partial charge on any atom is -0.377 e. The third-order valence-electron chi connectivity index (χ3n) is 2.75. The summed E-state index contributed by atoms with van der Waals surface area (Å²) in [5.74, 6) is 0. The van der Waals surface area contributed by atoms with Crippen LogP contribution in [-0.4, -0.2) is 6.61 Å². The Morgan fingerprint density at radius 3 is 2.33 bits per heavy atom. The Balaban J connectivity index is 2.93. The summed E-state index contributed by atoms with van der Waals surface area (Å²) in [5, 5.41) is 0. The van der Waals surface area contributed by atoms with E-state index in [1.54, 1.807) is 0 Å². The molecule has 84 valence electrons. The highest BCUT2D eigenvalue weighted by atomic mass is 16.5. The lowest BCUT2D eigenvalue weighted by molar-refractivity contribution is 0.133. The molecule has 1 nitrogen and oxygen atoms in total. The van der Waals surface area contributed by atoms with Crippen molar-refractivity contribution in [3.63, 3.8) is 0 Å². The molecule has 0 aromatic heterocycles. The van der Waals surface area contributed by atoms with Crippen molar-refractivity contribution in [2.24, 2.45) is 0 Å². The molecule has 0 unspecified atom stereocenters. The molecule has 15 heavy (non-hydrogen) atoms. The molecule has 0 radical (unpaired) electrons. The molecule has 0 heterocycles. The molecule has 0 aliphatic carbocycles. The second kappa shape index (κ2) is 5.92. The zero-order valence-electron chi connectivity index (χ0n) is 10.4. The zero-order chi connectivity index (χ0) is 11.3. The minimum atomic E-state index is 0.751. The maximum atomic E-state index is 5.49. The molecular formula is C14H22O. The summed E-state index contributed by atoms with van der Waals surface area (Å²) in [4.78, 5) is 0. The highest BCUT2D eigenvalue weighted by Crippen LogP contribution is 2.19. The van der Waals surface area contributed by atoms with E-state index in [1.165, 1.54) is 35.1 Å². The summed E-state index contributed by atoms with van der Waals surface area (Å²) in [6, 6.07) is 4.54. The molecule has 1 heteroatoms. The van der Waals surface area contributed by atoms with Crippen LogP contribution in [0, 0.1) is 13.8 Å². The lowest BCUT2D eigenvalue weighted by Gasteiger charge is -2.12. The SMILES string of the molecule is CCCc1cc(C)cc(COCC)c1C. The lowest BCUT2D eigenvalue weighted by Crippen LogP contribution is -2.00. The van der Waals surface area contributed by atoms with E-state index in [2.05, 4.69) is 32.9 Å². The fourth-order valence-electron chi connectivity index (χ4n) is 1.90. The quantitative estimate of drug-likeness (QED) is 0.712. The van der Waals surface area contributed by atoms with Gasteiger partial charge in [0, 0.05) is 6.61 Å². The molecule has 0 aliphatic rings. The Hall–Kier alpha value is -0.820. The molecule has 0 spiro atoms. The zero-order valence-corrected chi connectivity index (χ0v) is 10.4. The second-order valence-electron chi connectivity index (χ2n) is 4.10. The molecule has 1 aromatic rings. The normalized spacial score (nSPS) is 10.7. The highest BCUT2D eigenvalue weighted by molar-refractivity contribution is 5.37. The number of ether oxygens (including phenoxy) is 1. The maximum absolute atomic E-state index is 5.49. The first kappa shape index (κ1) is 12.3. The molecule has 0 fully saturated rings. The minimum absolute atomic E-state index is 0.751. The number of hydrogen-bond acceptors (Lipinski definition) is 1. The third kappa shape index (κ3) is 3.35. The van der Waals surface area contributed by atoms with Crippen molar-refractivity contribution in [1.82, 2.24) is 0 Å². The molecule has 1 aromatic carbocycles. The van der Waals surface area contributed by atoms with Crippen molar-refractivity contribution in [3.05, 3.63) is 34.4 Å². The average molecular weight is 206 g/mol. The van der Waals surface area contributed by atoms with Gasteiger partial charge < -0.3 is 4.74 Å². The van der Waals surface area contributed by atoms with Gasteiger partial charge in [-0.15, -0.1) is 0 Å². The molecule has 1 rings (SSSR count). The van der Waals surface area contributed by atoms with Gasteiger partial charge in [0.05, 0.1) is 6.61 Å². The fourth-order valence-corrected chi connectivity index (χ4v) is 1.90. The number of benzene rings is 1. The average Bonchev–Trinajstić information content (AvgIpc) is 2.21. The molecule has 0 N–H and O–H groups in total. The van der Waals surface area contributed by atoms with Crippen LogP contribution >= 0.6 is 0 Å². The van der Waals surface area contributed by atoms with E-state index < -0.39 is 0 Å². The van der Waals surface area contributed by atoms with Crippen LogP contribution in [0.5, 0.6) is 0 Å². The van der Waals surface area contributed by atoms with E-state index in [0.717, 1.165) is 13.2 Å². The molecular weight excluding hydrogens is 184 g/mol. The van der Waals surface area contributed by atoms with Crippen LogP contribution in [0.1, 0.15) is 42.5 Å². The first-order chi connectivity index (χ1) is 7.19. The molecule has 0 saturated carbocycles. The highest BCUT2D eigenvalue weighted by Gasteiger charge is 2.05. The standard InChI is InChI=1S/C14H22O/c1-5-7-13-8-11(3)9-14(12(13)4)10-15-6-2/h8-9H,5-7,10H2,1-4H3. The summed E-state index contributed by atoms with van der Waals surface area (Å²) in [6.07, 6.45) is 2.38. The van der Waals surface area contributed by atoms with Gasteiger partial charge in [-0.3, -0.25) is 0 Å². The van der Waals surface area contributed by atoms with E-state index >= 15 is 0 Å². The van der Waals surface area contributed by atoms with Gasteiger partial charge >= 0.3 is 0 Å². The Morgan fingerprint density at radius 2 is 1.73 bits per heavy atom. The van der Waals surface area contributed by atoms with Crippen molar-refractivity contribution in [1.29, 1.82) is 0 Å². The monoisotopic (exact) mass is 206 g/mol. The molecule has 0 bridgehead atoms. The Kier molecular flexibility index (Phi) is 4.83. The van der Waals surface area contributed by atoms with Crippen LogP contribution in [0.4, 0.5) is 0 Å². The largest absolute Gasteiger partial charge is 0.377 e. The van der Waals surface area contributed by atoms with Gasteiger partial charge in [0.2, 0.25) is 0 Å². The van der Waals surface area contributed by atoms with Crippen LogP contribution in [0.3, 0.4) is 0 Å². The third-order valence-corrected chi connectivity index (χ3v) is 2.75. The lowest BCUT2D eigenvalue weighted by atomic mass is 9.97. The van der Waals surface area contributed by atoms with E-state index in [4.69, 9.17) is 4.74 Å². The van der Waals surface area contributed by atoms with Gasteiger partial charge in [0.25, 0.3) is 0 Å². The van der Waals surface area contributed by atoms with Gasteiger partial charge in [-0.2, -0.15) is 0 Å². The molecule has 0 aliphatic heterocycles. The summed E-state index contributed by atoms with van der Waals surface area (Å²) >= 11 is 0. The van der Waals surface area contributed by atoms with Gasteiger partial charge in [0.15, 0.2) is 0 Å². The summed E-state index contributed by atoms with van der Waals surface area (Å²) in [5.41, 5.74) is 5.59. The first-order valence-electron chi connectivity index (χ1n) is 5.85. The van der Waals surface area contributed by atoms with Crippen molar-refractivity contribution in [2.75, 3.05) is 6.61 Å².